The van der Waals surface area contributed by atoms with Crippen molar-refractivity contribution < 1.29 is 0 Å². The van der Waals surface area contributed by atoms with Crippen LogP contribution in [0.15, 0.2) is 24.4 Å². The van der Waals surface area contributed by atoms with Gasteiger partial charge in [0.15, 0.2) is 0 Å². The Labute approximate surface area is 78.8 Å². The molecule has 0 aliphatic heterocycles. The maximum atomic E-state index is 3.28. The minimum atomic E-state index is 0.629. The Morgan fingerprint density at radius 2 is 2.38 bits per heavy atom. The summed E-state index contributed by atoms with van der Waals surface area (Å²) in [5, 5.41) is 1.32. The lowest BCUT2D eigenvalue weighted by Gasteiger charge is -2.05. The molecule has 67 valence electrons. The summed E-state index contributed by atoms with van der Waals surface area (Å²) >= 11 is 0. The predicted octanol–water partition coefficient (Wildman–Crippen LogP) is 3.48. The van der Waals surface area contributed by atoms with Crippen molar-refractivity contribution in [3.8, 4) is 0 Å². The molecule has 0 spiro atoms. The van der Waals surface area contributed by atoms with E-state index in [1.54, 1.807) is 0 Å². The summed E-state index contributed by atoms with van der Waals surface area (Å²) in [5.41, 5.74) is 2.63. The van der Waals surface area contributed by atoms with E-state index in [0.717, 1.165) is 0 Å². The summed E-state index contributed by atoms with van der Waals surface area (Å²) in [6.45, 7) is 4.48. The molecule has 1 nitrogen and oxygen atoms in total. The van der Waals surface area contributed by atoms with Crippen LogP contribution in [0.1, 0.15) is 31.7 Å². The zero-order valence-electron chi connectivity index (χ0n) is 8.09. The van der Waals surface area contributed by atoms with E-state index in [1.165, 1.54) is 22.9 Å². The van der Waals surface area contributed by atoms with Crippen LogP contribution in [0.5, 0.6) is 0 Å². The van der Waals surface area contributed by atoms with E-state index in [1.807, 2.05) is 6.07 Å². The van der Waals surface area contributed by atoms with E-state index < -0.39 is 0 Å². The molecule has 1 radical (unpaired) electrons. The van der Waals surface area contributed by atoms with Crippen molar-refractivity contribution in [1.82, 2.24) is 4.98 Å². The first-order valence-electron chi connectivity index (χ1n) is 4.80. The van der Waals surface area contributed by atoms with Crippen LogP contribution in [-0.4, -0.2) is 4.98 Å². The minimum absolute atomic E-state index is 0.629. The Balaban J connectivity index is 2.57. The van der Waals surface area contributed by atoms with Gasteiger partial charge >= 0.3 is 0 Å². The lowest BCUT2D eigenvalue weighted by Crippen LogP contribution is -1.88. The number of aromatic amines is 1. The van der Waals surface area contributed by atoms with Crippen molar-refractivity contribution in [3.63, 3.8) is 0 Å². The van der Waals surface area contributed by atoms with Crippen LogP contribution in [0.2, 0.25) is 0 Å². The molecule has 0 aliphatic rings. The van der Waals surface area contributed by atoms with Crippen LogP contribution in [0.4, 0.5) is 0 Å². The Morgan fingerprint density at radius 1 is 1.54 bits per heavy atom. The van der Waals surface area contributed by atoms with E-state index in [-0.39, 0.29) is 0 Å². The molecule has 0 aliphatic carbocycles. The van der Waals surface area contributed by atoms with Crippen LogP contribution in [-0.2, 0) is 0 Å². The molecule has 1 N–H and O–H groups in total. The van der Waals surface area contributed by atoms with Gasteiger partial charge in [-0.3, -0.25) is 0 Å². The number of fused-ring (bicyclic) bond motifs is 1. The molecule has 0 saturated heterocycles. The lowest BCUT2D eigenvalue weighted by atomic mass is 9.98. The van der Waals surface area contributed by atoms with Gasteiger partial charge < -0.3 is 4.98 Å². The number of H-pyrrole nitrogens is 1. The molecular formula is C12H14N. The Kier molecular flexibility index (Phi) is 2.09. The molecule has 1 aromatic carbocycles. The maximum absolute atomic E-state index is 3.28. The van der Waals surface area contributed by atoms with Crippen molar-refractivity contribution in [1.29, 1.82) is 0 Å². The fourth-order valence-corrected chi connectivity index (χ4v) is 1.66. The first-order valence-corrected chi connectivity index (χ1v) is 4.80. The predicted molar refractivity (Wildman–Crippen MR) is 55.8 cm³/mol. The van der Waals surface area contributed by atoms with Gasteiger partial charge in [0.05, 0.1) is 0 Å². The van der Waals surface area contributed by atoms with Gasteiger partial charge in [0.1, 0.15) is 0 Å². The van der Waals surface area contributed by atoms with Gasteiger partial charge in [-0.2, -0.15) is 0 Å². The minimum Gasteiger partial charge on any atom is -0.361 e. The van der Waals surface area contributed by atoms with Crippen molar-refractivity contribution in [2.75, 3.05) is 0 Å². The highest BCUT2D eigenvalue weighted by Crippen LogP contribution is 2.26. The summed E-state index contributed by atoms with van der Waals surface area (Å²) < 4.78 is 0. The van der Waals surface area contributed by atoms with Crippen molar-refractivity contribution in [2.24, 2.45) is 0 Å². The first-order chi connectivity index (χ1) is 6.33. The van der Waals surface area contributed by atoms with Gasteiger partial charge in [-0.25, -0.2) is 0 Å². The maximum Gasteiger partial charge on any atom is 0.0457 e. The Morgan fingerprint density at radius 3 is 3.15 bits per heavy atom. The van der Waals surface area contributed by atoms with Gasteiger partial charge in [-0.05, 0) is 36.1 Å². The van der Waals surface area contributed by atoms with Crippen molar-refractivity contribution >= 4 is 10.9 Å². The third kappa shape index (κ3) is 1.35. The molecular weight excluding hydrogens is 158 g/mol. The standard InChI is InChI=1S/C12H14N/c1-3-9(2)11-8-13-12-7-5-4-6-10(11)12/h5-9,13H,3H2,1-2H3. The molecule has 0 bridgehead atoms. The smallest absolute Gasteiger partial charge is 0.0457 e. The zero-order valence-corrected chi connectivity index (χ0v) is 8.09. The van der Waals surface area contributed by atoms with E-state index in [4.69, 9.17) is 0 Å². The average Bonchev–Trinajstić information content (AvgIpc) is 2.60. The lowest BCUT2D eigenvalue weighted by molar-refractivity contribution is 0.739. The number of rotatable bonds is 2. The van der Waals surface area contributed by atoms with Crippen molar-refractivity contribution in [2.45, 2.75) is 26.2 Å². The van der Waals surface area contributed by atoms with Crippen LogP contribution in [0.3, 0.4) is 0 Å². The van der Waals surface area contributed by atoms with Gasteiger partial charge in [0, 0.05) is 17.1 Å². The summed E-state index contributed by atoms with van der Waals surface area (Å²) in [4.78, 5) is 3.28. The highest BCUT2D eigenvalue weighted by molar-refractivity contribution is 5.83. The Hall–Kier alpha value is -1.24. The summed E-state index contributed by atoms with van der Waals surface area (Å²) in [7, 11) is 0. The largest absolute Gasteiger partial charge is 0.361 e. The van der Waals surface area contributed by atoms with E-state index in [2.05, 4.69) is 43.2 Å². The van der Waals surface area contributed by atoms with E-state index >= 15 is 0 Å². The van der Waals surface area contributed by atoms with Gasteiger partial charge in [-0.1, -0.05) is 19.9 Å². The highest BCUT2D eigenvalue weighted by Gasteiger charge is 2.08. The third-order valence-electron chi connectivity index (χ3n) is 2.70. The Bertz CT molecular complexity index is 400. The molecule has 1 unspecified atom stereocenters. The quantitative estimate of drug-likeness (QED) is 0.713. The van der Waals surface area contributed by atoms with E-state index in [9.17, 15) is 0 Å². The number of aromatic nitrogens is 1. The number of hydrogen-bond acceptors (Lipinski definition) is 0. The van der Waals surface area contributed by atoms with Crippen LogP contribution >= 0.6 is 0 Å². The van der Waals surface area contributed by atoms with Crippen molar-refractivity contribution in [3.05, 3.63) is 36.0 Å². The summed E-state index contributed by atoms with van der Waals surface area (Å²) in [6, 6.07) is 9.20. The van der Waals surface area contributed by atoms with Crippen LogP contribution in [0.25, 0.3) is 10.9 Å². The molecule has 1 atom stereocenters. The monoisotopic (exact) mass is 172 g/mol. The van der Waals surface area contributed by atoms with Gasteiger partial charge in [-0.15, -0.1) is 0 Å². The van der Waals surface area contributed by atoms with Gasteiger partial charge in [0.25, 0.3) is 0 Å². The molecule has 1 heterocycles. The van der Waals surface area contributed by atoms with Gasteiger partial charge in [0.2, 0.25) is 0 Å². The fraction of sp³-hybridized carbons (Fsp3) is 0.333. The zero-order chi connectivity index (χ0) is 9.26. The molecule has 0 saturated carbocycles. The molecule has 13 heavy (non-hydrogen) atoms. The SMILES string of the molecule is CCC(C)c1c[nH]c2cc[c]cc12. The summed E-state index contributed by atoms with van der Waals surface area (Å²) in [6.07, 6.45) is 3.30. The second kappa shape index (κ2) is 3.25. The molecule has 2 rings (SSSR count). The normalized spacial score (nSPS) is 13.4. The van der Waals surface area contributed by atoms with E-state index in [0.29, 0.717) is 5.92 Å². The topological polar surface area (TPSA) is 15.8 Å². The number of hydrogen-bond donors (Lipinski definition) is 1. The average molecular weight is 172 g/mol. The second-order valence-corrected chi connectivity index (χ2v) is 3.53. The molecule has 2 aromatic rings. The first kappa shape index (κ1) is 8.36. The molecule has 0 fully saturated rings. The second-order valence-electron chi connectivity index (χ2n) is 3.53. The fourth-order valence-electron chi connectivity index (χ4n) is 1.66. The van der Waals surface area contributed by atoms with Crippen LogP contribution < -0.4 is 0 Å². The third-order valence-corrected chi connectivity index (χ3v) is 2.70. The number of benzene rings is 1. The number of nitrogens with one attached hydrogen (secondary N) is 1. The summed E-state index contributed by atoms with van der Waals surface area (Å²) in [5.74, 6) is 0.629. The molecule has 1 aromatic heterocycles. The van der Waals surface area contributed by atoms with Crippen LogP contribution in [0, 0.1) is 6.07 Å². The highest BCUT2D eigenvalue weighted by atomic mass is 14.7. The molecule has 1 heteroatoms. The molecule has 0 amide bonds.